The van der Waals surface area contributed by atoms with E-state index < -0.39 is 5.97 Å². The zero-order valence-corrected chi connectivity index (χ0v) is 20.1. The van der Waals surface area contributed by atoms with Crippen molar-refractivity contribution in [3.8, 4) is 23.0 Å². The van der Waals surface area contributed by atoms with E-state index in [1.165, 1.54) is 0 Å². The summed E-state index contributed by atoms with van der Waals surface area (Å²) in [5, 5.41) is 0. The summed E-state index contributed by atoms with van der Waals surface area (Å²) in [5.41, 5.74) is 4.30. The summed E-state index contributed by atoms with van der Waals surface area (Å²) in [6.45, 7) is 8.06. The molecule has 0 spiro atoms. The highest BCUT2D eigenvalue weighted by Crippen LogP contribution is 2.29. The largest absolute Gasteiger partial charge is 0.481 e. The van der Waals surface area contributed by atoms with E-state index in [0.29, 0.717) is 23.0 Å². The smallest absolute Gasteiger partial charge is 0.453 e. The Morgan fingerprint density at radius 3 is 1.15 bits per heavy atom. The maximum Gasteiger partial charge on any atom is 0.453 e. The Morgan fingerprint density at radius 2 is 0.794 bits per heavy atom. The number of hydrogen-bond acceptors (Lipinski definition) is 4. The fraction of sp³-hybridized carbons (Fsp3) is 0.200. The van der Waals surface area contributed by atoms with Gasteiger partial charge in [0, 0.05) is 0 Å². The van der Waals surface area contributed by atoms with Crippen LogP contribution < -0.4 is 18.9 Å². The molecular formula is C30H30O4. The summed E-state index contributed by atoms with van der Waals surface area (Å²) in [4.78, 5) is 0. The van der Waals surface area contributed by atoms with E-state index >= 15 is 0 Å². The second-order valence-corrected chi connectivity index (χ2v) is 8.54. The SMILES string of the molecule is Cc1cccc(OCC(Oc2cccc(C)c2)(Oc2cccc(C)c2)Oc2cccc(C)c2)c1. The molecule has 4 nitrogen and oxygen atoms in total. The monoisotopic (exact) mass is 454 g/mol. The molecule has 4 rings (SSSR count). The van der Waals surface area contributed by atoms with Crippen molar-refractivity contribution in [1.29, 1.82) is 0 Å². The predicted octanol–water partition coefficient (Wildman–Crippen LogP) is 7.19. The van der Waals surface area contributed by atoms with Gasteiger partial charge in [-0.3, -0.25) is 0 Å². The lowest BCUT2D eigenvalue weighted by Crippen LogP contribution is -2.53. The van der Waals surface area contributed by atoms with Crippen LogP contribution in [-0.2, 0) is 0 Å². The summed E-state index contributed by atoms with van der Waals surface area (Å²) in [6.07, 6.45) is 0. The van der Waals surface area contributed by atoms with E-state index in [0.717, 1.165) is 22.3 Å². The van der Waals surface area contributed by atoms with Crippen LogP contribution in [0.5, 0.6) is 23.0 Å². The molecule has 0 saturated heterocycles. The van der Waals surface area contributed by atoms with Gasteiger partial charge in [-0.15, -0.1) is 0 Å². The summed E-state index contributed by atoms with van der Waals surface area (Å²) in [7, 11) is 0. The van der Waals surface area contributed by atoms with E-state index in [2.05, 4.69) is 0 Å². The number of benzene rings is 4. The minimum atomic E-state index is -1.58. The van der Waals surface area contributed by atoms with Gasteiger partial charge in [-0.1, -0.05) is 48.5 Å². The van der Waals surface area contributed by atoms with Crippen LogP contribution in [0.25, 0.3) is 0 Å². The van der Waals surface area contributed by atoms with Gasteiger partial charge in [-0.05, 0) is 98.5 Å². The lowest BCUT2D eigenvalue weighted by molar-refractivity contribution is -0.266. The average Bonchev–Trinajstić information content (AvgIpc) is 2.78. The van der Waals surface area contributed by atoms with Crippen molar-refractivity contribution in [2.75, 3.05) is 6.61 Å². The molecule has 0 saturated carbocycles. The van der Waals surface area contributed by atoms with Crippen LogP contribution in [0.2, 0.25) is 0 Å². The molecule has 0 atom stereocenters. The zero-order valence-electron chi connectivity index (χ0n) is 20.1. The minimum absolute atomic E-state index is 0.00766. The Balaban J connectivity index is 1.75. The van der Waals surface area contributed by atoms with Crippen molar-refractivity contribution in [1.82, 2.24) is 0 Å². The number of aryl methyl sites for hydroxylation is 4. The van der Waals surface area contributed by atoms with Gasteiger partial charge in [0.05, 0.1) is 0 Å². The van der Waals surface area contributed by atoms with Gasteiger partial charge in [0.15, 0.2) is 0 Å². The molecule has 0 aliphatic heterocycles. The minimum Gasteiger partial charge on any atom is -0.481 e. The second-order valence-electron chi connectivity index (χ2n) is 8.54. The van der Waals surface area contributed by atoms with Crippen molar-refractivity contribution >= 4 is 0 Å². The van der Waals surface area contributed by atoms with E-state index in [1.807, 2.05) is 125 Å². The second kappa shape index (κ2) is 10.3. The number of rotatable bonds is 9. The summed E-state index contributed by atoms with van der Waals surface area (Å²) in [6, 6.07) is 31.2. The molecule has 34 heavy (non-hydrogen) atoms. The molecule has 174 valence electrons. The van der Waals surface area contributed by atoms with Crippen molar-refractivity contribution in [3.63, 3.8) is 0 Å². The fourth-order valence-corrected chi connectivity index (χ4v) is 3.60. The summed E-state index contributed by atoms with van der Waals surface area (Å²) < 4.78 is 25.5. The maximum atomic E-state index is 6.45. The van der Waals surface area contributed by atoms with Gasteiger partial charge < -0.3 is 18.9 Å². The Labute approximate surface area is 201 Å². The normalized spacial score (nSPS) is 11.1. The molecule has 4 aromatic carbocycles. The Morgan fingerprint density at radius 1 is 0.471 bits per heavy atom. The molecule has 0 N–H and O–H groups in total. The zero-order chi connectivity index (χ0) is 24.0. The van der Waals surface area contributed by atoms with E-state index in [1.54, 1.807) is 0 Å². The van der Waals surface area contributed by atoms with Crippen LogP contribution in [0.1, 0.15) is 22.3 Å². The van der Waals surface area contributed by atoms with Gasteiger partial charge >= 0.3 is 5.97 Å². The highest BCUT2D eigenvalue weighted by molar-refractivity contribution is 5.32. The van der Waals surface area contributed by atoms with E-state index in [-0.39, 0.29) is 6.61 Å². The average molecular weight is 455 g/mol. The molecule has 0 aromatic heterocycles. The van der Waals surface area contributed by atoms with Gasteiger partial charge in [0.25, 0.3) is 0 Å². The maximum absolute atomic E-state index is 6.45. The lowest BCUT2D eigenvalue weighted by Gasteiger charge is -2.34. The van der Waals surface area contributed by atoms with Crippen LogP contribution in [0.3, 0.4) is 0 Å². The molecule has 0 aliphatic carbocycles. The Kier molecular flexibility index (Phi) is 7.07. The predicted molar refractivity (Wildman–Crippen MR) is 135 cm³/mol. The molecular weight excluding hydrogens is 424 g/mol. The number of ether oxygens (including phenoxy) is 4. The van der Waals surface area contributed by atoms with E-state index in [9.17, 15) is 0 Å². The van der Waals surface area contributed by atoms with Gasteiger partial charge in [-0.25, -0.2) is 0 Å². The first-order valence-electron chi connectivity index (χ1n) is 11.4. The van der Waals surface area contributed by atoms with Crippen LogP contribution in [0.15, 0.2) is 97.1 Å². The highest BCUT2D eigenvalue weighted by atomic mass is 16.9. The van der Waals surface area contributed by atoms with Gasteiger partial charge in [0.2, 0.25) is 6.61 Å². The first-order chi connectivity index (χ1) is 16.4. The van der Waals surface area contributed by atoms with Crippen LogP contribution >= 0.6 is 0 Å². The third-order valence-corrected chi connectivity index (χ3v) is 5.19. The molecule has 0 bridgehead atoms. The van der Waals surface area contributed by atoms with Crippen molar-refractivity contribution in [2.24, 2.45) is 0 Å². The molecule has 0 unspecified atom stereocenters. The third kappa shape index (κ3) is 6.32. The molecule has 4 heteroatoms. The first kappa shape index (κ1) is 23.2. The highest BCUT2D eigenvalue weighted by Gasteiger charge is 2.41. The quantitative estimate of drug-likeness (QED) is 0.251. The summed E-state index contributed by atoms with van der Waals surface area (Å²) >= 11 is 0. The molecule has 0 heterocycles. The van der Waals surface area contributed by atoms with Crippen LogP contribution in [-0.4, -0.2) is 12.6 Å². The lowest BCUT2D eigenvalue weighted by atomic mass is 10.2. The standard InChI is InChI=1S/C30H30O4/c1-22-9-5-13-26(17-22)31-21-30(32-27-14-6-10-23(2)18-27,33-28-15-7-11-24(3)19-28)34-29-16-8-12-25(4)20-29/h5-20H,21H2,1-4H3. The molecule has 0 radical (unpaired) electrons. The van der Waals surface area contributed by atoms with Crippen LogP contribution in [0, 0.1) is 27.7 Å². The van der Waals surface area contributed by atoms with Crippen molar-refractivity contribution in [2.45, 2.75) is 33.7 Å². The Bertz CT molecular complexity index is 1130. The first-order valence-corrected chi connectivity index (χ1v) is 11.4. The molecule has 0 amide bonds. The molecule has 4 aromatic rings. The van der Waals surface area contributed by atoms with Gasteiger partial charge in [0.1, 0.15) is 23.0 Å². The van der Waals surface area contributed by atoms with Crippen molar-refractivity contribution < 1.29 is 18.9 Å². The summed E-state index contributed by atoms with van der Waals surface area (Å²) in [5.74, 6) is 0.978. The topological polar surface area (TPSA) is 36.9 Å². The Hall–Kier alpha value is -3.92. The van der Waals surface area contributed by atoms with Gasteiger partial charge in [-0.2, -0.15) is 0 Å². The number of hydrogen-bond donors (Lipinski definition) is 0. The molecule has 0 fully saturated rings. The van der Waals surface area contributed by atoms with Crippen LogP contribution in [0.4, 0.5) is 0 Å². The van der Waals surface area contributed by atoms with Crippen molar-refractivity contribution in [3.05, 3.63) is 119 Å². The van der Waals surface area contributed by atoms with E-state index in [4.69, 9.17) is 18.9 Å². The molecule has 0 aliphatic rings. The fourth-order valence-electron chi connectivity index (χ4n) is 3.60. The third-order valence-electron chi connectivity index (χ3n) is 5.19.